The van der Waals surface area contributed by atoms with Gasteiger partial charge in [0.2, 0.25) is 0 Å². The van der Waals surface area contributed by atoms with Crippen molar-refractivity contribution in [2.24, 2.45) is 5.16 Å². The molecule has 0 aromatic carbocycles. The molecule has 0 fully saturated rings. The van der Waals surface area contributed by atoms with Crippen molar-refractivity contribution in [3.8, 4) is 0 Å². The average molecular weight is 280 g/mol. The summed E-state index contributed by atoms with van der Waals surface area (Å²) in [6.45, 7) is 2.22. The Labute approximate surface area is 106 Å². The van der Waals surface area contributed by atoms with Gasteiger partial charge in [0.05, 0.1) is 6.20 Å². The second kappa shape index (κ2) is 7.80. The minimum absolute atomic E-state index is 0.117. The monoisotopic (exact) mass is 280 g/mol. The van der Waals surface area contributed by atoms with Crippen LogP contribution >= 0.6 is 11.8 Å². The third kappa shape index (κ3) is 5.26. The minimum Gasteiger partial charge on any atom is -0.430 e. The number of hydrogen-bond donors (Lipinski definition) is 0. The van der Waals surface area contributed by atoms with E-state index < -0.39 is 11.9 Å². The van der Waals surface area contributed by atoms with Gasteiger partial charge in [0.25, 0.3) is 5.22 Å². The van der Waals surface area contributed by atoms with Crippen LogP contribution in [0.5, 0.6) is 0 Å². The molecular formula is C10H11F3N2O2S. The van der Waals surface area contributed by atoms with Crippen LogP contribution in [0.4, 0.5) is 13.2 Å². The van der Waals surface area contributed by atoms with Gasteiger partial charge < -0.3 is 9.25 Å². The zero-order valence-corrected chi connectivity index (χ0v) is 10.3. The van der Waals surface area contributed by atoms with Crippen LogP contribution in [0.1, 0.15) is 19.1 Å². The van der Waals surface area contributed by atoms with Crippen LogP contribution in [0, 0.1) is 0 Å². The first-order valence-electron chi connectivity index (χ1n) is 5.07. The summed E-state index contributed by atoms with van der Waals surface area (Å²) in [7, 11) is 0. The molecule has 0 N–H and O–H groups in total. The maximum Gasteiger partial charge on any atom is 0.301 e. The topological polar surface area (TPSA) is 47.6 Å². The van der Waals surface area contributed by atoms with Crippen LogP contribution in [0.2, 0.25) is 0 Å². The highest BCUT2D eigenvalue weighted by atomic mass is 32.2. The van der Waals surface area contributed by atoms with Crippen molar-refractivity contribution in [2.75, 3.05) is 12.4 Å². The lowest BCUT2D eigenvalue weighted by molar-refractivity contribution is 0.160. The van der Waals surface area contributed by atoms with E-state index in [4.69, 9.17) is 9.25 Å². The molecule has 0 atom stereocenters. The molecule has 0 unspecified atom stereocenters. The molecule has 1 aromatic heterocycles. The fourth-order valence-corrected chi connectivity index (χ4v) is 1.62. The Bertz CT molecular complexity index is 431. The van der Waals surface area contributed by atoms with Gasteiger partial charge in [-0.1, -0.05) is 16.9 Å². The standard InChI is InChI=1S/C10H11F3N2O2S/c1-2-16-15-6-7-5-14-10(17-7)18-4-3-8(11)9(12)13/h5-6H,2-4H2,1H3/b15-6+. The Hall–Kier alpha value is -1.44. The van der Waals surface area contributed by atoms with Gasteiger partial charge in [-0.05, 0) is 6.92 Å². The van der Waals surface area contributed by atoms with Crippen molar-refractivity contribution in [3.63, 3.8) is 0 Å². The van der Waals surface area contributed by atoms with Crippen molar-refractivity contribution >= 4 is 18.0 Å². The van der Waals surface area contributed by atoms with Crippen molar-refractivity contribution in [2.45, 2.75) is 18.6 Å². The number of rotatable bonds is 7. The molecule has 0 saturated heterocycles. The van der Waals surface area contributed by atoms with Crippen molar-refractivity contribution in [1.29, 1.82) is 0 Å². The van der Waals surface area contributed by atoms with E-state index in [0.29, 0.717) is 12.4 Å². The van der Waals surface area contributed by atoms with Gasteiger partial charge in [0, 0.05) is 12.2 Å². The van der Waals surface area contributed by atoms with E-state index >= 15 is 0 Å². The van der Waals surface area contributed by atoms with Gasteiger partial charge >= 0.3 is 6.08 Å². The van der Waals surface area contributed by atoms with Crippen molar-refractivity contribution in [1.82, 2.24) is 4.98 Å². The first-order chi connectivity index (χ1) is 8.63. The Morgan fingerprint density at radius 1 is 1.56 bits per heavy atom. The van der Waals surface area contributed by atoms with E-state index in [-0.39, 0.29) is 17.4 Å². The first-order valence-corrected chi connectivity index (χ1v) is 6.05. The number of aromatic nitrogens is 1. The SMILES string of the molecule is CCO/N=C/c1cnc(SCCC(F)=C(F)F)o1. The summed E-state index contributed by atoms with van der Waals surface area (Å²) >= 11 is 1.04. The summed E-state index contributed by atoms with van der Waals surface area (Å²) in [4.78, 5) is 8.58. The lowest BCUT2D eigenvalue weighted by atomic mass is 10.4. The summed E-state index contributed by atoms with van der Waals surface area (Å²) in [6, 6.07) is 0. The molecule has 0 aliphatic carbocycles. The molecule has 0 spiro atoms. The third-order valence-electron chi connectivity index (χ3n) is 1.64. The molecule has 1 aromatic rings. The summed E-state index contributed by atoms with van der Waals surface area (Å²) in [5.74, 6) is -0.919. The third-order valence-corrected chi connectivity index (χ3v) is 2.48. The molecule has 4 nitrogen and oxygen atoms in total. The molecule has 1 heterocycles. The molecule has 8 heteroatoms. The Balaban J connectivity index is 2.38. The highest BCUT2D eigenvalue weighted by Gasteiger charge is 2.07. The average Bonchev–Trinajstić information content (AvgIpc) is 2.77. The number of oxazole rings is 1. The summed E-state index contributed by atoms with van der Waals surface area (Å²) in [5.41, 5.74) is 0. The summed E-state index contributed by atoms with van der Waals surface area (Å²) < 4.78 is 41.1. The van der Waals surface area contributed by atoms with Crippen LogP contribution in [0.25, 0.3) is 0 Å². The highest BCUT2D eigenvalue weighted by Crippen LogP contribution is 2.22. The smallest absolute Gasteiger partial charge is 0.301 e. The van der Waals surface area contributed by atoms with Crippen molar-refractivity contribution in [3.05, 3.63) is 23.9 Å². The maximum atomic E-state index is 12.5. The predicted octanol–water partition coefficient (Wildman–Crippen LogP) is 3.60. The Morgan fingerprint density at radius 2 is 2.33 bits per heavy atom. The Morgan fingerprint density at radius 3 is 3.00 bits per heavy atom. The fourth-order valence-electron chi connectivity index (χ4n) is 0.882. The zero-order valence-electron chi connectivity index (χ0n) is 9.53. The normalized spacial score (nSPS) is 10.9. The van der Waals surface area contributed by atoms with E-state index in [0.717, 1.165) is 11.8 Å². The van der Waals surface area contributed by atoms with Crippen LogP contribution in [-0.2, 0) is 4.84 Å². The van der Waals surface area contributed by atoms with E-state index in [1.807, 2.05) is 0 Å². The van der Waals surface area contributed by atoms with Crippen LogP contribution in [-0.4, -0.2) is 23.6 Å². The molecule has 1 rings (SSSR count). The predicted molar refractivity (Wildman–Crippen MR) is 61.4 cm³/mol. The zero-order chi connectivity index (χ0) is 13.4. The van der Waals surface area contributed by atoms with Crippen LogP contribution in [0.15, 0.2) is 32.9 Å². The van der Waals surface area contributed by atoms with Gasteiger partial charge in [0.1, 0.15) is 12.8 Å². The maximum absolute atomic E-state index is 12.5. The Kier molecular flexibility index (Phi) is 6.34. The number of halogens is 3. The number of nitrogens with zero attached hydrogens (tertiary/aromatic N) is 2. The van der Waals surface area contributed by atoms with Gasteiger partial charge in [-0.2, -0.15) is 8.78 Å². The van der Waals surface area contributed by atoms with Crippen LogP contribution < -0.4 is 0 Å². The number of allylic oxidation sites excluding steroid dienone is 1. The van der Waals surface area contributed by atoms with Gasteiger partial charge in [-0.15, -0.1) is 0 Å². The number of oxime groups is 1. The quantitative estimate of drug-likeness (QED) is 0.435. The molecule has 0 saturated carbocycles. The summed E-state index contributed by atoms with van der Waals surface area (Å²) in [5, 5.41) is 3.83. The van der Waals surface area contributed by atoms with E-state index in [1.165, 1.54) is 12.4 Å². The van der Waals surface area contributed by atoms with E-state index in [9.17, 15) is 13.2 Å². The molecule has 0 aliphatic rings. The van der Waals surface area contributed by atoms with E-state index in [2.05, 4.69) is 10.1 Å². The lowest BCUT2D eigenvalue weighted by Gasteiger charge is -1.94. The molecular weight excluding hydrogens is 269 g/mol. The molecule has 0 amide bonds. The molecule has 0 radical (unpaired) electrons. The van der Waals surface area contributed by atoms with Crippen LogP contribution in [0.3, 0.4) is 0 Å². The largest absolute Gasteiger partial charge is 0.430 e. The van der Waals surface area contributed by atoms with E-state index in [1.54, 1.807) is 6.92 Å². The number of thioether (sulfide) groups is 1. The van der Waals surface area contributed by atoms with Gasteiger partial charge in [-0.25, -0.2) is 9.37 Å². The fraction of sp³-hybridized carbons (Fsp3) is 0.400. The highest BCUT2D eigenvalue weighted by molar-refractivity contribution is 7.99. The second-order valence-electron chi connectivity index (χ2n) is 2.94. The number of hydrogen-bond acceptors (Lipinski definition) is 5. The summed E-state index contributed by atoms with van der Waals surface area (Å²) in [6.07, 6.45) is 0.0971. The van der Waals surface area contributed by atoms with Gasteiger partial charge in [-0.3, -0.25) is 0 Å². The first kappa shape index (κ1) is 14.6. The molecule has 100 valence electrons. The molecule has 18 heavy (non-hydrogen) atoms. The minimum atomic E-state index is -2.28. The van der Waals surface area contributed by atoms with Crippen molar-refractivity contribution < 1.29 is 22.4 Å². The second-order valence-corrected chi connectivity index (χ2v) is 3.99. The van der Waals surface area contributed by atoms with Gasteiger partial charge in [0.15, 0.2) is 11.6 Å². The lowest BCUT2D eigenvalue weighted by Crippen LogP contribution is -1.82. The molecule has 0 bridgehead atoms. The molecule has 0 aliphatic heterocycles.